The summed E-state index contributed by atoms with van der Waals surface area (Å²) in [7, 11) is 4.43. The Kier molecular flexibility index (Phi) is 6.34. The molecule has 1 aromatic carbocycles. The summed E-state index contributed by atoms with van der Waals surface area (Å²) in [6, 6.07) is 1.19. The van der Waals surface area contributed by atoms with Crippen LogP contribution in [0.25, 0.3) is 0 Å². The van der Waals surface area contributed by atoms with Gasteiger partial charge in [0.15, 0.2) is 17.3 Å². The third-order valence-corrected chi connectivity index (χ3v) is 5.05. The van der Waals surface area contributed by atoms with E-state index >= 15 is 0 Å². The van der Waals surface area contributed by atoms with Crippen molar-refractivity contribution in [3.8, 4) is 17.2 Å². The summed E-state index contributed by atoms with van der Waals surface area (Å²) in [5, 5.41) is 2.87. The summed E-state index contributed by atoms with van der Waals surface area (Å²) in [6.07, 6.45) is 0.872. The molecule has 0 spiro atoms. The standard InChI is InChI=1S/C16H19BrClNO5/c1-22-9-7-8-11(16(24-3)15(9)23-2)14(21)12(17)13(8)19-10(20)5-4-6-18/h7,12-13H,4-6H2,1-3H3,(H,19,20). The van der Waals surface area contributed by atoms with Crippen LogP contribution in [0, 0.1) is 0 Å². The fourth-order valence-electron chi connectivity index (χ4n) is 2.75. The largest absolute Gasteiger partial charge is 0.493 e. The molecule has 0 saturated heterocycles. The molecule has 0 fully saturated rings. The Bertz CT molecular complexity index is 652. The van der Waals surface area contributed by atoms with Gasteiger partial charge in [-0.25, -0.2) is 0 Å². The maximum Gasteiger partial charge on any atom is 0.220 e. The van der Waals surface area contributed by atoms with Crippen LogP contribution in [-0.4, -0.2) is 43.7 Å². The van der Waals surface area contributed by atoms with Gasteiger partial charge in [0.1, 0.15) is 4.83 Å². The zero-order chi connectivity index (χ0) is 17.9. The van der Waals surface area contributed by atoms with Gasteiger partial charge in [0, 0.05) is 12.3 Å². The zero-order valence-corrected chi connectivity index (χ0v) is 16.0. The minimum absolute atomic E-state index is 0.167. The van der Waals surface area contributed by atoms with Gasteiger partial charge < -0.3 is 19.5 Å². The van der Waals surface area contributed by atoms with Crippen molar-refractivity contribution in [2.45, 2.75) is 23.7 Å². The lowest BCUT2D eigenvalue weighted by Gasteiger charge is -2.19. The number of hydrogen-bond acceptors (Lipinski definition) is 5. The lowest BCUT2D eigenvalue weighted by Crippen LogP contribution is -2.32. The molecule has 6 nitrogen and oxygen atoms in total. The lowest BCUT2D eigenvalue weighted by atomic mass is 10.0. The van der Waals surface area contributed by atoms with Crippen LogP contribution < -0.4 is 19.5 Å². The van der Waals surface area contributed by atoms with Crippen molar-refractivity contribution in [1.82, 2.24) is 5.32 Å². The quantitative estimate of drug-likeness (QED) is 0.687. The number of hydrogen-bond donors (Lipinski definition) is 1. The van der Waals surface area contributed by atoms with Gasteiger partial charge in [-0.3, -0.25) is 9.59 Å². The maximum atomic E-state index is 12.7. The average molecular weight is 421 g/mol. The molecule has 1 amide bonds. The predicted molar refractivity (Wildman–Crippen MR) is 94.0 cm³/mol. The van der Waals surface area contributed by atoms with Crippen LogP contribution in [0.15, 0.2) is 6.07 Å². The van der Waals surface area contributed by atoms with Crippen LogP contribution in [0.4, 0.5) is 0 Å². The van der Waals surface area contributed by atoms with Gasteiger partial charge in [-0.1, -0.05) is 15.9 Å². The second-order valence-electron chi connectivity index (χ2n) is 5.21. The van der Waals surface area contributed by atoms with Crippen molar-refractivity contribution in [1.29, 1.82) is 0 Å². The monoisotopic (exact) mass is 419 g/mol. The molecule has 2 atom stereocenters. The summed E-state index contributed by atoms with van der Waals surface area (Å²) >= 11 is 8.99. The molecule has 0 aromatic heterocycles. The Morgan fingerprint density at radius 2 is 1.92 bits per heavy atom. The first-order valence-corrected chi connectivity index (χ1v) is 8.81. The van der Waals surface area contributed by atoms with E-state index in [0.717, 1.165) is 0 Å². The minimum atomic E-state index is -0.585. The number of carbonyl (C=O) groups is 2. The molecule has 0 heterocycles. The number of carbonyl (C=O) groups excluding carboxylic acids is 2. The van der Waals surface area contributed by atoms with E-state index in [1.807, 2.05) is 0 Å². The molecule has 1 aliphatic carbocycles. The molecular weight excluding hydrogens is 402 g/mol. The van der Waals surface area contributed by atoms with Crippen LogP contribution in [0.5, 0.6) is 17.2 Å². The molecule has 0 bridgehead atoms. The predicted octanol–water partition coefficient (Wildman–Crippen LogP) is 2.85. The molecule has 132 valence electrons. The average Bonchev–Trinajstić information content (AvgIpc) is 2.82. The first kappa shape index (κ1) is 18.9. The minimum Gasteiger partial charge on any atom is -0.493 e. The SMILES string of the molecule is COc1cc2c(c(OC)c1OC)C(=O)C(Br)C2NC(=O)CCCCl. The number of ether oxygens (including phenoxy) is 3. The van der Waals surface area contributed by atoms with E-state index in [4.69, 9.17) is 25.8 Å². The second-order valence-corrected chi connectivity index (χ2v) is 6.58. The summed E-state index contributed by atoms with van der Waals surface area (Å²) < 4.78 is 16.0. The zero-order valence-electron chi connectivity index (χ0n) is 13.7. The fourth-order valence-corrected chi connectivity index (χ4v) is 3.52. The normalized spacial score (nSPS) is 19.0. The van der Waals surface area contributed by atoms with E-state index in [9.17, 15) is 9.59 Å². The van der Waals surface area contributed by atoms with Gasteiger partial charge in [0.05, 0.1) is 32.9 Å². The van der Waals surface area contributed by atoms with E-state index in [1.54, 1.807) is 6.07 Å². The number of methoxy groups -OCH3 is 3. The molecule has 24 heavy (non-hydrogen) atoms. The van der Waals surface area contributed by atoms with Crippen LogP contribution in [0.3, 0.4) is 0 Å². The highest BCUT2D eigenvalue weighted by Crippen LogP contribution is 2.49. The van der Waals surface area contributed by atoms with Crippen LogP contribution >= 0.6 is 27.5 Å². The molecule has 1 aliphatic rings. The summed E-state index contributed by atoms with van der Waals surface area (Å²) in [6.45, 7) is 0. The number of benzene rings is 1. The second kappa shape index (κ2) is 8.07. The van der Waals surface area contributed by atoms with E-state index in [-0.39, 0.29) is 11.7 Å². The van der Waals surface area contributed by atoms with Crippen molar-refractivity contribution in [3.05, 3.63) is 17.2 Å². The van der Waals surface area contributed by atoms with Crippen molar-refractivity contribution in [3.63, 3.8) is 0 Å². The van der Waals surface area contributed by atoms with Gasteiger partial charge in [-0.05, 0) is 18.1 Å². The maximum absolute atomic E-state index is 12.7. The number of amides is 1. The summed E-state index contributed by atoms with van der Waals surface area (Å²) in [5.41, 5.74) is 1.02. The molecule has 2 unspecified atom stereocenters. The number of halogens is 2. The van der Waals surface area contributed by atoms with Gasteiger partial charge in [-0.15, -0.1) is 11.6 Å². The Balaban J connectivity index is 2.47. The Morgan fingerprint density at radius 3 is 2.46 bits per heavy atom. The van der Waals surface area contributed by atoms with Crippen LogP contribution in [-0.2, 0) is 4.79 Å². The van der Waals surface area contributed by atoms with E-state index in [1.165, 1.54) is 21.3 Å². The molecule has 1 aromatic rings. The number of fused-ring (bicyclic) bond motifs is 1. The third-order valence-electron chi connectivity index (χ3n) is 3.84. The number of nitrogens with one attached hydrogen (secondary N) is 1. The van der Waals surface area contributed by atoms with Crippen molar-refractivity contribution in [2.75, 3.05) is 27.2 Å². The molecule has 0 saturated carbocycles. The smallest absolute Gasteiger partial charge is 0.220 e. The summed E-state index contributed by atoms with van der Waals surface area (Å²) in [4.78, 5) is 24.1. The lowest BCUT2D eigenvalue weighted by molar-refractivity contribution is -0.121. The fraction of sp³-hybridized carbons (Fsp3) is 0.500. The van der Waals surface area contributed by atoms with Gasteiger partial charge in [0.2, 0.25) is 11.7 Å². The van der Waals surface area contributed by atoms with Gasteiger partial charge in [0.25, 0.3) is 0 Å². The van der Waals surface area contributed by atoms with Crippen molar-refractivity contribution in [2.24, 2.45) is 0 Å². The van der Waals surface area contributed by atoms with Crippen LogP contribution in [0.2, 0.25) is 0 Å². The Labute approximate surface area is 153 Å². The van der Waals surface area contributed by atoms with Crippen molar-refractivity contribution < 1.29 is 23.8 Å². The van der Waals surface area contributed by atoms with Crippen LogP contribution in [0.1, 0.15) is 34.8 Å². The number of Topliss-reactive ketones (excluding diaryl/α,β-unsaturated/α-hetero) is 1. The molecule has 1 N–H and O–H groups in total. The highest BCUT2D eigenvalue weighted by atomic mass is 79.9. The first-order valence-electron chi connectivity index (χ1n) is 7.36. The Hall–Kier alpha value is -1.47. The Morgan fingerprint density at radius 1 is 1.25 bits per heavy atom. The highest BCUT2D eigenvalue weighted by molar-refractivity contribution is 9.10. The van der Waals surface area contributed by atoms with Crippen molar-refractivity contribution >= 4 is 39.2 Å². The van der Waals surface area contributed by atoms with E-state index in [0.29, 0.717) is 47.1 Å². The molecule has 0 radical (unpaired) electrons. The van der Waals surface area contributed by atoms with E-state index < -0.39 is 10.9 Å². The third kappa shape index (κ3) is 3.32. The molecular formula is C16H19BrClNO5. The van der Waals surface area contributed by atoms with Gasteiger partial charge >= 0.3 is 0 Å². The first-order chi connectivity index (χ1) is 11.5. The highest BCUT2D eigenvalue weighted by Gasteiger charge is 2.43. The van der Waals surface area contributed by atoms with Gasteiger partial charge in [-0.2, -0.15) is 0 Å². The summed E-state index contributed by atoms with van der Waals surface area (Å²) in [5.74, 6) is 1.15. The molecule has 2 rings (SSSR count). The van der Waals surface area contributed by atoms with E-state index in [2.05, 4.69) is 21.2 Å². The topological polar surface area (TPSA) is 73.9 Å². The number of alkyl halides is 2. The molecule has 0 aliphatic heterocycles. The number of ketones is 1. The number of rotatable bonds is 7. The molecule has 8 heteroatoms.